The molecule has 0 spiro atoms. The summed E-state index contributed by atoms with van der Waals surface area (Å²) >= 11 is 0. The minimum atomic E-state index is -0.304. The highest BCUT2D eigenvalue weighted by Crippen LogP contribution is 2.28. The summed E-state index contributed by atoms with van der Waals surface area (Å²) in [6, 6.07) is 3.48. The van der Waals surface area contributed by atoms with Gasteiger partial charge in [-0.05, 0) is 30.9 Å². The van der Waals surface area contributed by atoms with E-state index in [-0.39, 0.29) is 5.82 Å². The Labute approximate surface area is 92.5 Å². The van der Waals surface area contributed by atoms with Crippen molar-refractivity contribution >= 4 is 11.6 Å². The zero-order valence-electron chi connectivity index (χ0n) is 9.02. The molecule has 84 valence electrons. The zero-order chi connectivity index (χ0) is 11.1. The van der Waals surface area contributed by atoms with E-state index in [1.807, 2.05) is 0 Å². The Morgan fingerprint density at radius 3 is 3.00 bits per heavy atom. The third-order valence-electron chi connectivity index (χ3n) is 3.00. The SMILES string of the molecule is CC1CC(Nc2nc3ccc(F)cn3n2)C1. The maximum Gasteiger partial charge on any atom is 0.243 e. The number of aromatic nitrogens is 3. The largest absolute Gasteiger partial charge is 0.350 e. The molecule has 0 atom stereocenters. The molecule has 1 saturated carbocycles. The van der Waals surface area contributed by atoms with Crippen LogP contribution >= 0.6 is 0 Å². The highest BCUT2D eigenvalue weighted by atomic mass is 19.1. The van der Waals surface area contributed by atoms with Gasteiger partial charge in [-0.25, -0.2) is 8.91 Å². The summed E-state index contributed by atoms with van der Waals surface area (Å²) in [6.07, 6.45) is 3.64. The standard InChI is InChI=1S/C11H13FN4/c1-7-4-9(5-7)13-11-14-10-3-2-8(12)6-16(10)15-11/h2-3,6-7,9H,4-5H2,1H3,(H,13,15). The van der Waals surface area contributed by atoms with Crippen LogP contribution in [0.4, 0.5) is 10.3 Å². The molecule has 2 aromatic heterocycles. The lowest BCUT2D eigenvalue weighted by Crippen LogP contribution is -2.34. The molecule has 2 heterocycles. The first-order valence-electron chi connectivity index (χ1n) is 5.49. The molecule has 0 aromatic carbocycles. The molecule has 0 saturated heterocycles. The van der Waals surface area contributed by atoms with Crippen molar-refractivity contribution < 1.29 is 4.39 Å². The molecule has 2 aromatic rings. The molecule has 1 aliphatic carbocycles. The lowest BCUT2D eigenvalue weighted by atomic mass is 9.82. The van der Waals surface area contributed by atoms with Crippen molar-refractivity contribution in [2.75, 3.05) is 5.32 Å². The Morgan fingerprint density at radius 2 is 2.25 bits per heavy atom. The summed E-state index contributed by atoms with van der Waals surface area (Å²) in [6.45, 7) is 2.23. The van der Waals surface area contributed by atoms with Crippen molar-refractivity contribution in [3.05, 3.63) is 24.1 Å². The maximum absolute atomic E-state index is 12.9. The van der Waals surface area contributed by atoms with Gasteiger partial charge in [0.15, 0.2) is 5.65 Å². The number of fused-ring (bicyclic) bond motifs is 1. The fraction of sp³-hybridized carbons (Fsp3) is 0.455. The van der Waals surface area contributed by atoms with Crippen LogP contribution in [0.5, 0.6) is 0 Å². The van der Waals surface area contributed by atoms with Gasteiger partial charge in [-0.15, -0.1) is 5.10 Å². The molecule has 1 aliphatic rings. The topological polar surface area (TPSA) is 42.2 Å². The highest BCUT2D eigenvalue weighted by Gasteiger charge is 2.25. The smallest absolute Gasteiger partial charge is 0.243 e. The Bertz CT molecular complexity index is 516. The molecule has 3 rings (SSSR count). The second-order valence-corrected chi connectivity index (χ2v) is 4.50. The second kappa shape index (κ2) is 3.43. The van der Waals surface area contributed by atoms with Crippen molar-refractivity contribution in [3.8, 4) is 0 Å². The molecule has 0 unspecified atom stereocenters. The fourth-order valence-corrected chi connectivity index (χ4v) is 2.12. The van der Waals surface area contributed by atoms with Crippen molar-refractivity contribution in [3.63, 3.8) is 0 Å². The first kappa shape index (κ1) is 9.57. The Kier molecular flexibility index (Phi) is 2.05. The van der Waals surface area contributed by atoms with Crippen LogP contribution in [0, 0.1) is 11.7 Å². The van der Waals surface area contributed by atoms with Crippen LogP contribution in [-0.4, -0.2) is 20.6 Å². The van der Waals surface area contributed by atoms with Gasteiger partial charge >= 0.3 is 0 Å². The third kappa shape index (κ3) is 1.62. The van der Waals surface area contributed by atoms with Gasteiger partial charge in [0.25, 0.3) is 0 Å². The molecule has 0 amide bonds. The molecule has 16 heavy (non-hydrogen) atoms. The fourth-order valence-electron chi connectivity index (χ4n) is 2.12. The van der Waals surface area contributed by atoms with E-state index >= 15 is 0 Å². The van der Waals surface area contributed by atoms with Crippen molar-refractivity contribution in [2.24, 2.45) is 5.92 Å². The van der Waals surface area contributed by atoms with Gasteiger partial charge in [-0.2, -0.15) is 4.98 Å². The van der Waals surface area contributed by atoms with Crippen molar-refractivity contribution in [1.29, 1.82) is 0 Å². The summed E-state index contributed by atoms with van der Waals surface area (Å²) in [4.78, 5) is 4.27. The van der Waals surface area contributed by atoms with Crippen LogP contribution in [0.1, 0.15) is 19.8 Å². The van der Waals surface area contributed by atoms with Gasteiger partial charge in [-0.3, -0.25) is 0 Å². The number of halogens is 1. The first-order chi connectivity index (χ1) is 7.70. The number of nitrogens with one attached hydrogen (secondary N) is 1. The normalized spacial score (nSPS) is 24.4. The molecule has 0 radical (unpaired) electrons. The van der Waals surface area contributed by atoms with Crippen molar-refractivity contribution in [1.82, 2.24) is 14.6 Å². The van der Waals surface area contributed by atoms with Gasteiger partial charge in [-0.1, -0.05) is 6.92 Å². The van der Waals surface area contributed by atoms with Crippen molar-refractivity contribution in [2.45, 2.75) is 25.8 Å². The summed E-state index contributed by atoms with van der Waals surface area (Å²) in [7, 11) is 0. The summed E-state index contributed by atoms with van der Waals surface area (Å²) < 4.78 is 14.4. The van der Waals surface area contributed by atoms with E-state index < -0.39 is 0 Å². The molecule has 4 nitrogen and oxygen atoms in total. The number of anilines is 1. The van der Waals surface area contributed by atoms with Gasteiger partial charge < -0.3 is 5.32 Å². The van der Waals surface area contributed by atoms with E-state index in [0.717, 1.165) is 18.8 Å². The van der Waals surface area contributed by atoms with Gasteiger partial charge in [0.2, 0.25) is 5.95 Å². The van der Waals surface area contributed by atoms with Gasteiger partial charge in [0.1, 0.15) is 5.82 Å². The summed E-state index contributed by atoms with van der Waals surface area (Å²) in [5.41, 5.74) is 0.663. The molecule has 0 bridgehead atoms. The maximum atomic E-state index is 12.9. The molecule has 1 N–H and O–H groups in total. The lowest BCUT2D eigenvalue weighted by molar-refractivity contribution is 0.308. The minimum absolute atomic E-state index is 0.304. The van der Waals surface area contributed by atoms with E-state index in [0.29, 0.717) is 17.6 Å². The van der Waals surface area contributed by atoms with E-state index in [4.69, 9.17) is 0 Å². The van der Waals surface area contributed by atoms with E-state index in [2.05, 4.69) is 22.3 Å². The van der Waals surface area contributed by atoms with E-state index in [1.54, 1.807) is 6.07 Å². The predicted octanol–water partition coefficient (Wildman–Crippen LogP) is 2.08. The molecule has 1 fully saturated rings. The lowest BCUT2D eigenvalue weighted by Gasteiger charge is -2.32. The predicted molar refractivity (Wildman–Crippen MR) is 58.8 cm³/mol. The second-order valence-electron chi connectivity index (χ2n) is 4.50. The van der Waals surface area contributed by atoms with E-state index in [9.17, 15) is 4.39 Å². The molecule has 5 heteroatoms. The molecule has 0 aliphatic heterocycles. The quantitative estimate of drug-likeness (QED) is 0.842. The number of pyridine rings is 1. The van der Waals surface area contributed by atoms with Crippen LogP contribution in [0.15, 0.2) is 18.3 Å². The monoisotopic (exact) mass is 220 g/mol. The summed E-state index contributed by atoms with van der Waals surface area (Å²) in [5, 5.41) is 7.43. The van der Waals surface area contributed by atoms with Crippen LogP contribution in [0.2, 0.25) is 0 Å². The van der Waals surface area contributed by atoms with Gasteiger partial charge in [0, 0.05) is 6.04 Å². The summed E-state index contributed by atoms with van der Waals surface area (Å²) in [5.74, 6) is 1.07. The van der Waals surface area contributed by atoms with Crippen LogP contribution in [0.25, 0.3) is 5.65 Å². The average Bonchev–Trinajstić information content (AvgIpc) is 2.57. The first-order valence-corrected chi connectivity index (χ1v) is 5.49. The van der Waals surface area contributed by atoms with Gasteiger partial charge in [0.05, 0.1) is 6.20 Å². The Balaban J connectivity index is 1.82. The molecular weight excluding hydrogens is 207 g/mol. The van der Waals surface area contributed by atoms with Crippen LogP contribution in [-0.2, 0) is 0 Å². The molecular formula is C11H13FN4. The highest BCUT2D eigenvalue weighted by molar-refractivity contribution is 5.43. The number of hydrogen-bond donors (Lipinski definition) is 1. The Hall–Kier alpha value is -1.65. The number of rotatable bonds is 2. The number of nitrogens with zero attached hydrogens (tertiary/aromatic N) is 3. The zero-order valence-corrected chi connectivity index (χ0v) is 9.02. The average molecular weight is 220 g/mol. The van der Waals surface area contributed by atoms with E-state index in [1.165, 1.54) is 16.8 Å². The Morgan fingerprint density at radius 1 is 1.44 bits per heavy atom. The third-order valence-corrected chi connectivity index (χ3v) is 3.00. The number of hydrogen-bond acceptors (Lipinski definition) is 3. The van der Waals surface area contributed by atoms with Crippen LogP contribution in [0.3, 0.4) is 0 Å². The minimum Gasteiger partial charge on any atom is -0.350 e. The van der Waals surface area contributed by atoms with Crippen LogP contribution < -0.4 is 5.32 Å².